The van der Waals surface area contributed by atoms with Crippen LogP contribution in [0.4, 0.5) is 5.69 Å². The summed E-state index contributed by atoms with van der Waals surface area (Å²) in [7, 11) is -3.63. The lowest BCUT2D eigenvalue weighted by atomic mass is 9.95. The summed E-state index contributed by atoms with van der Waals surface area (Å²) in [6.07, 6.45) is 6.32. The summed E-state index contributed by atoms with van der Waals surface area (Å²) < 4.78 is 32.8. The average Bonchev–Trinajstić information content (AvgIpc) is 3.25. The molecule has 0 atom stereocenters. The summed E-state index contributed by atoms with van der Waals surface area (Å²) in [6.45, 7) is 3.55. The molecule has 2 N–H and O–H groups in total. The number of aryl methyl sites for hydroxylation is 1. The Morgan fingerprint density at radius 2 is 1.90 bits per heavy atom. The standard InChI is InChI=1S/C22H25N3O4S/c1-14-16-4-2-3-5-19(16)23-21(14)13-18-17-12-15(6-7-20(17)24-22(18)26)30(27,28)25-8-10-29-11-9-25/h6-7,12-13,23H,2-5,8-11H2,1H3,(H,24,26). The van der Waals surface area contributed by atoms with Gasteiger partial charge in [0.15, 0.2) is 0 Å². The Hall–Kier alpha value is -2.42. The highest BCUT2D eigenvalue weighted by Gasteiger charge is 2.31. The van der Waals surface area contributed by atoms with Gasteiger partial charge in [0.25, 0.3) is 5.91 Å². The zero-order chi connectivity index (χ0) is 20.9. The number of aromatic amines is 1. The molecule has 158 valence electrons. The molecule has 5 rings (SSSR count). The van der Waals surface area contributed by atoms with Crippen molar-refractivity contribution >= 4 is 33.3 Å². The van der Waals surface area contributed by atoms with E-state index in [1.54, 1.807) is 18.2 Å². The van der Waals surface area contributed by atoms with E-state index in [4.69, 9.17) is 4.74 Å². The van der Waals surface area contributed by atoms with Crippen LogP contribution in [0, 0.1) is 6.92 Å². The van der Waals surface area contributed by atoms with Crippen LogP contribution < -0.4 is 5.32 Å². The van der Waals surface area contributed by atoms with Gasteiger partial charge in [0.1, 0.15) is 0 Å². The number of hydrogen-bond acceptors (Lipinski definition) is 4. The van der Waals surface area contributed by atoms with E-state index in [1.807, 2.05) is 6.08 Å². The topological polar surface area (TPSA) is 91.5 Å². The van der Waals surface area contributed by atoms with Gasteiger partial charge in [-0.1, -0.05) is 0 Å². The Bertz CT molecular complexity index is 1160. The molecule has 1 amide bonds. The van der Waals surface area contributed by atoms with Crippen LogP contribution in [0.25, 0.3) is 11.6 Å². The first kappa shape index (κ1) is 19.5. The first-order chi connectivity index (χ1) is 14.4. The number of ether oxygens (including phenoxy) is 1. The zero-order valence-corrected chi connectivity index (χ0v) is 17.8. The van der Waals surface area contributed by atoms with Gasteiger partial charge < -0.3 is 15.0 Å². The van der Waals surface area contributed by atoms with Crippen molar-refractivity contribution < 1.29 is 17.9 Å². The first-order valence-corrected chi connectivity index (χ1v) is 11.8. The number of carbonyl (C=O) groups is 1. The number of fused-ring (bicyclic) bond motifs is 2. The van der Waals surface area contributed by atoms with Crippen molar-refractivity contribution in [1.29, 1.82) is 0 Å². The number of benzene rings is 1. The van der Waals surface area contributed by atoms with Crippen LogP contribution in [0.5, 0.6) is 0 Å². The van der Waals surface area contributed by atoms with Gasteiger partial charge >= 0.3 is 0 Å². The number of nitrogens with one attached hydrogen (secondary N) is 2. The number of H-pyrrole nitrogens is 1. The molecule has 8 heteroatoms. The third-order valence-corrected chi connectivity index (χ3v) is 8.18. The second kappa shape index (κ2) is 7.37. The minimum Gasteiger partial charge on any atom is -0.379 e. The van der Waals surface area contributed by atoms with Crippen molar-refractivity contribution in [3.05, 3.63) is 46.3 Å². The predicted molar refractivity (Wildman–Crippen MR) is 115 cm³/mol. The van der Waals surface area contributed by atoms with Crippen molar-refractivity contribution in [2.45, 2.75) is 37.5 Å². The number of rotatable bonds is 3. The molecule has 1 aromatic carbocycles. The third-order valence-electron chi connectivity index (χ3n) is 6.28. The molecule has 1 saturated heterocycles. The fourth-order valence-electron chi connectivity index (χ4n) is 4.57. The molecule has 1 aliphatic carbocycles. The number of anilines is 1. The lowest BCUT2D eigenvalue weighted by Gasteiger charge is -2.26. The molecule has 7 nitrogen and oxygen atoms in total. The molecule has 0 unspecified atom stereocenters. The lowest BCUT2D eigenvalue weighted by Crippen LogP contribution is -2.40. The van der Waals surface area contributed by atoms with Crippen LogP contribution in [0.2, 0.25) is 0 Å². The van der Waals surface area contributed by atoms with Gasteiger partial charge in [-0.05, 0) is 68.0 Å². The Kier molecular flexibility index (Phi) is 4.80. The largest absolute Gasteiger partial charge is 0.379 e. The van der Waals surface area contributed by atoms with Gasteiger partial charge in [0.05, 0.1) is 23.7 Å². The van der Waals surface area contributed by atoms with Gasteiger partial charge in [-0.2, -0.15) is 4.31 Å². The Labute approximate surface area is 176 Å². The van der Waals surface area contributed by atoms with E-state index < -0.39 is 10.0 Å². The molecular weight excluding hydrogens is 402 g/mol. The van der Waals surface area contributed by atoms with E-state index in [0.29, 0.717) is 43.1 Å². The van der Waals surface area contributed by atoms with Crippen molar-refractivity contribution in [3.8, 4) is 0 Å². The number of amides is 1. The molecule has 0 saturated carbocycles. The van der Waals surface area contributed by atoms with E-state index in [2.05, 4.69) is 17.2 Å². The van der Waals surface area contributed by atoms with Crippen molar-refractivity contribution in [2.24, 2.45) is 0 Å². The molecule has 2 aromatic rings. The quantitative estimate of drug-likeness (QED) is 0.737. The maximum Gasteiger partial charge on any atom is 0.256 e. The average molecular weight is 428 g/mol. The molecule has 3 heterocycles. The minimum absolute atomic E-state index is 0.202. The van der Waals surface area contributed by atoms with Crippen LogP contribution in [0.15, 0.2) is 23.1 Å². The summed E-state index contributed by atoms with van der Waals surface area (Å²) in [5, 5.41) is 2.86. The number of aromatic nitrogens is 1. The van der Waals surface area contributed by atoms with Gasteiger partial charge in [0.2, 0.25) is 10.0 Å². The molecule has 2 aliphatic heterocycles. The summed E-state index contributed by atoms with van der Waals surface area (Å²) >= 11 is 0. The van der Waals surface area contributed by atoms with E-state index >= 15 is 0 Å². The summed E-state index contributed by atoms with van der Waals surface area (Å²) in [4.78, 5) is 16.4. The van der Waals surface area contributed by atoms with Gasteiger partial charge in [-0.15, -0.1) is 0 Å². The fourth-order valence-corrected chi connectivity index (χ4v) is 6.01. The number of nitrogens with zero attached hydrogens (tertiary/aromatic N) is 1. The van der Waals surface area contributed by atoms with Gasteiger partial charge in [-0.25, -0.2) is 8.42 Å². The minimum atomic E-state index is -3.63. The Balaban J connectivity index is 1.55. The van der Waals surface area contributed by atoms with Gasteiger partial charge in [-0.3, -0.25) is 4.79 Å². The molecule has 30 heavy (non-hydrogen) atoms. The predicted octanol–water partition coefficient (Wildman–Crippen LogP) is 2.72. The second-order valence-corrected chi connectivity index (χ2v) is 10.0. The monoisotopic (exact) mass is 427 g/mol. The fraction of sp³-hybridized carbons (Fsp3) is 0.409. The van der Waals surface area contributed by atoms with Crippen LogP contribution in [-0.4, -0.2) is 49.9 Å². The van der Waals surface area contributed by atoms with Crippen LogP contribution >= 0.6 is 0 Å². The Morgan fingerprint density at radius 3 is 2.67 bits per heavy atom. The highest BCUT2D eigenvalue weighted by Crippen LogP contribution is 2.37. The SMILES string of the molecule is Cc1c(C=C2C(=O)Nc3ccc(S(=O)(=O)N4CCOCC4)cc32)[nH]c2c1CCCC2. The number of carbonyl (C=O) groups excluding carboxylic acids is 1. The van der Waals surface area contributed by atoms with E-state index in [0.717, 1.165) is 18.5 Å². The van der Waals surface area contributed by atoms with Gasteiger partial charge in [0, 0.05) is 35.7 Å². The molecule has 1 aromatic heterocycles. The van der Waals surface area contributed by atoms with Crippen molar-refractivity contribution in [2.75, 3.05) is 31.6 Å². The number of hydrogen-bond donors (Lipinski definition) is 2. The summed E-state index contributed by atoms with van der Waals surface area (Å²) in [5.74, 6) is -0.210. The van der Waals surface area contributed by atoms with Crippen molar-refractivity contribution in [1.82, 2.24) is 9.29 Å². The molecular formula is C22H25N3O4S. The second-order valence-electron chi connectivity index (χ2n) is 8.06. The zero-order valence-electron chi connectivity index (χ0n) is 17.0. The van der Waals surface area contributed by atoms with E-state index in [9.17, 15) is 13.2 Å². The maximum absolute atomic E-state index is 13.1. The highest BCUT2D eigenvalue weighted by atomic mass is 32.2. The lowest BCUT2D eigenvalue weighted by molar-refractivity contribution is -0.110. The van der Waals surface area contributed by atoms with Crippen LogP contribution in [-0.2, 0) is 32.4 Å². The maximum atomic E-state index is 13.1. The molecule has 0 radical (unpaired) electrons. The number of sulfonamides is 1. The third kappa shape index (κ3) is 3.19. The normalized spacial score (nSPS) is 20.8. The van der Waals surface area contributed by atoms with E-state index in [1.165, 1.54) is 34.0 Å². The summed E-state index contributed by atoms with van der Waals surface area (Å²) in [5.41, 5.74) is 6.48. The molecule has 0 bridgehead atoms. The smallest absolute Gasteiger partial charge is 0.256 e. The van der Waals surface area contributed by atoms with Crippen molar-refractivity contribution in [3.63, 3.8) is 0 Å². The summed E-state index contributed by atoms with van der Waals surface area (Å²) in [6, 6.07) is 4.85. The highest BCUT2D eigenvalue weighted by molar-refractivity contribution is 7.89. The van der Waals surface area contributed by atoms with Crippen LogP contribution in [0.3, 0.4) is 0 Å². The first-order valence-electron chi connectivity index (χ1n) is 10.4. The van der Waals surface area contributed by atoms with Crippen LogP contribution in [0.1, 0.15) is 40.9 Å². The number of morpholine rings is 1. The molecule has 0 spiro atoms. The Morgan fingerprint density at radius 1 is 1.13 bits per heavy atom. The molecule has 1 fully saturated rings. The molecule has 3 aliphatic rings. The van der Waals surface area contributed by atoms with E-state index in [-0.39, 0.29) is 10.8 Å².